The molecule has 7 heteroatoms. The van der Waals surface area contributed by atoms with Crippen LogP contribution in [0.2, 0.25) is 0 Å². The van der Waals surface area contributed by atoms with Gasteiger partial charge in [0, 0.05) is 18.3 Å². The van der Waals surface area contributed by atoms with E-state index in [4.69, 9.17) is 5.11 Å². The van der Waals surface area contributed by atoms with Crippen molar-refractivity contribution in [1.29, 1.82) is 0 Å². The van der Waals surface area contributed by atoms with Gasteiger partial charge in [-0.1, -0.05) is 0 Å². The van der Waals surface area contributed by atoms with Crippen molar-refractivity contribution >= 4 is 17.7 Å². The van der Waals surface area contributed by atoms with Crippen molar-refractivity contribution in [3.05, 3.63) is 0 Å². The first-order valence-corrected chi connectivity index (χ1v) is 5.67. The predicted molar refractivity (Wildman–Crippen MR) is 50.9 cm³/mol. The first kappa shape index (κ1) is 12.6. The molecule has 2 N–H and O–H groups in total. The van der Waals surface area contributed by atoms with Gasteiger partial charge >= 0.3 is 12.1 Å². The number of thioether (sulfide) groups is 1. The molecule has 2 unspecified atom stereocenters. The van der Waals surface area contributed by atoms with E-state index in [2.05, 4.69) is 5.32 Å². The lowest BCUT2D eigenvalue weighted by atomic mass is 10.1. The number of rotatable bonds is 4. The smallest absolute Gasteiger partial charge is 0.403 e. The van der Waals surface area contributed by atoms with Crippen LogP contribution >= 0.6 is 11.8 Å². The summed E-state index contributed by atoms with van der Waals surface area (Å²) in [7, 11) is 0. The zero-order valence-electron chi connectivity index (χ0n) is 7.88. The van der Waals surface area contributed by atoms with E-state index >= 15 is 0 Å². The van der Waals surface area contributed by atoms with Gasteiger partial charge in [-0.3, -0.25) is 4.79 Å². The second-order valence-electron chi connectivity index (χ2n) is 3.40. The molecule has 0 aliphatic carbocycles. The van der Waals surface area contributed by atoms with Gasteiger partial charge < -0.3 is 10.4 Å². The van der Waals surface area contributed by atoms with Crippen molar-refractivity contribution in [3.63, 3.8) is 0 Å². The largest absolute Gasteiger partial charge is 0.481 e. The van der Waals surface area contributed by atoms with Crippen LogP contribution < -0.4 is 5.32 Å². The van der Waals surface area contributed by atoms with Gasteiger partial charge in [-0.25, -0.2) is 0 Å². The van der Waals surface area contributed by atoms with Gasteiger partial charge in [-0.05, 0) is 12.2 Å². The van der Waals surface area contributed by atoms with Crippen LogP contribution in [0.25, 0.3) is 0 Å². The van der Waals surface area contributed by atoms with Crippen LogP contribution in [-0.4, -0.2) is 41.3 Å². The fourth-order valence-electron chi connectivity index (χ4n) is 1.32. The first-order chi connectivity index (χ1) is 6.91. The number of halogens is 3. The average Bonchev–Trinajstić information content (AvgIpc) is 2.53. The summed E-state index contributed by atoms with van der Waals surface area (Å²) in [6.45, 7) is -0.538. The van der Waals surface area contributed by atoms with Crippen LogP contribution in [0, 0.1) is 5.92 Å². The number of aliphatic carboxylic acids is 1. The number of hydrogen-bond acceptors (Lipinski definition) is 3. The fraction of sp³-hybridized carbons (Fsp3) is 0.875. The van der Waals surface area contributed by atoms with Crippen molar-refractivity contribution in [2.24, 2.45) is 5.92 Å². The van der Waals surface area contributed by atoms with E-state index in [0.717, 1.165) is 17.9 Å². The van der Waals surface area contributed by atoms with Crippen molar-refractivity contribution in [1.82, 2.24) is 5.32 Å². The van der Waals surface area contributed by atoms with Crippen molar-refractivity contribution in [3.8, 4) is 0 Å². The van der Waals surface area contributed by atoms with Crippen LogP contribution in [-0.2, 0) is 4.79 Å². The van der Waals surface area contributed by atoms with E-state index in [1.54, 1.807) is 11.8 Å². The number of hydrogen-bond donors (Lipinski definition) is 2. The van der Waals surface area contributed by atoms with Crippen LogP contribution in [0.1, 0.15) is 6.42 Å². The lowest BCUT2D eigenvalue weighted by molar-refractivity contribution is -0.192. The summed E-state index contributed by atoms with van der Waals surface area (Å²) in [6, 6.07) is 0.0131. The minimum atomic E-state index is -4.68. The number of alkyl halides is 3. The highest BCUT2D eigenvalue weighted by Crippen LogP contribution is 2.26. The summed E-state index contributed by atoms with van der Waals surface area (Å²) < 4.78 is 36.7. The Kier molecular flexibility index (Phi) is 4.27. The Hall–Kier alpha value is -0.430. The first-order valence-electron chi connectivity index (χ1n) is 4.52. The summed E-state index contributed by atoms with van der Waals surface area (Å²) in [4.78, 5) is 10.4. The molecule has 88 valence electrons. The van der Waals surface area contributed by atoms with Crippen molar-refractivity contribution < 1.29 is 23.1 Å². The molecule has 0 bridgehead atoms. The van der Waals surface area contributed by atoms with Gasteiger partial charge in [0.2, 0.25) is 0 Å². The second-order valence-corrected chi connectivity index (χ2v) is 4.55. The van der Waals surface area contributed by atoms with Crippen molar-refractivity contribution in [2.45, 2.75) is 18.6 Å². The molecule has 0 amide bonds. The number of carbonyl (C=O) groups is 1. The molecule has 3 nitrogen and oxygen atoms in total. The molecule has 1 aliphatic heterocycles. The highest BCUT2D eigenvalue weighted by atomic mass is 32.2. The molecule has 1 fully saturated rings. The molecular formula is C8H12F3NO2S. The Morgan fingerprint density at radius 3 is 2.67 bits per heavy atom. The second kappa shape index (κ2) is 5.07. The van der Waals surface area contributed by atoms with E-state index in [-0.39, 0.29) is 6.04 Å². The Labute approximate surface area is 89.4 Å². The molecule has 0 spiro atoms. The van der Waals surface area contributed by atoms with Gasteiger partial charge in [0.05, 0.1) is 0 Å². The maximum Gasteiger partial charge on any atom is 0.403 e. The van der Waals surface area contributed by atoms with E-state index in [0.29, 0.717) is 0 Å². The van der Waals surface area contributed by atoms with Gasteiger partial charge in [0.15, 0.2) is 5.92 Å². The topological polar surface area (TPSA) is 49.3 Å². The lowest BCUT2D eigenvalue weighted by Gasteiger charge is -2.19. The quantitative estimate of drug-likeness (QED) is 0.782. The summed E-state index contributed by atoms with van der Waals surface area (Å²) in [6.07, 6.45) is -3.88. The SMILES string of the molecule is O=C(O)C(CNC1CCSC1)C(F)(F)F. The molecule has 0 radical (unpaired) electrons. The molecular weight excluding hydrogens is 231 g/mol. The molecule has 0 saturated carbocycles. The Morgan fingerprint density at radius 2 is 2.27 bits per heavy atom. The molecule has 0 aromatic carbocycles. The van der Waals surface area contributed by atoms with Gasteiger partial charge in [0.1, 0.15) is 0 Å². The van der Waals surface area contributed by atoms with Crippen LogP contribution in [0.5, 0.6) is 0 Å². The number of carboxylic acid groups (broad SMARTS) is 1. The minimum Gasteiger partial charge on any atom is -0.481 e. The van der Waals surface area contributed by atoms with E-state index in [9.17, 15) is 18.0 Å². The van der Waals surface area contributed by atoms with E-state index in [1.165, 1.54) is 0 Å². The third kappa shape index (κ3) is 3.90. The minimum absolute atomic E-state index is 0.0131. The van der Waals surface area contributed by atoms with E-state index in [1.807, 2.05) is 0 Å². The molecule has 0 aromatic heterocycles. The maximum atomic E-state index is 12.2. The zero-order chi connectivity index (χ0) is 11.5. The van der Waals surface area contributed by atoms with Crippen LogP contribution in [0.3, 0.4) is 0 Å². The maximum absolute atomic E-state index is 12.2. The summed E-state index contributed by atoms with van der Waals surface area (Å²) in [5.74, 6) is -2.45. The van der Waals surface area contributed by atoms with Crippen LogP contribution in [0.15, 0.2) is 0 Å². The van der Waals surface area contributed by atoms with Crippen molar-refractivity contribution in [2.75, 3.05) is 18.1 Å². The van der Waals surface area contributed by atoms with Crippen LogP contribution in [0.4, 0.5) is 13.2 Å². The molecule has 15 heavy (non-hydrogen) atoms. The number of nitrogens with one attached hydrogen (secondary N) is 1. The summed E-state index contributed by atoms with van der Waals surface area (Å²) >= 11 is 1.66. The van der Waals surface area contributed by atoms with Gasteiger partial charge in [-0.2, -0.15) is 24.9 Å². The number of carboxylic acids is 1. The highest BCUT2D eigenvalue weighted by molar-refractivity contribution is 7.99. The Balaban J connectivity index is 2.41. The molecule has 0 aromatic rings. The molecule has 1 aliphatic rings. The summed E-state index contributed by atoms with van der Waals surface area (Å²) in [5.41, 5.74) is 0. The third-order valence-corrected chi connectivity index (χ3v) is 3.40. The van der Waals surface area contributed by atoms with Gasteiger partial charge in [0.25, 0.3) is 0 Å². The standard InChI is InChI=1S/C8H12F3NO2S/c9-8(10,11)6(7(13)14)3-12-5-1-2-15-4-5/h5-6,12H,1-4H2,(H,13,14). The monoisotopic (exact) mass is 243 g/mol. The summed E-state index contributed by atoms with van der Waals surface area (Å²) in [5, 5.41) is 11.1. The molecule has 1 heterocycles. The molecule has 2 atom stereocenters. The predicted octanol–water partition coefficient (Wildman–Crippen LogP) is 1.34. The average molecular weight is 243 g/mol. The lowest BCUT2D eigenvalue weighted by Crippen LogP contribution is -2.42. The Morgan fingerprint density at radius 1 is 1.60 bits per heavy atom. The zero-order valence-corrected chi connectivity index (χ0v) is 8.70. The van der Waals surface area contributed by atoms with E-state index < -0.39 is 24.6 Å². The fourth-order valence-corrected chi connectivity index (χ4v) is 2.51. The molecule has 1 rings (SSSR count). The normalized spacial score (nSPS) is 24.1. The highest BCUT2D eigenvalue weighted by Gasteiger charge is 2.45. The molecule has 1 saturated heterocycles. The Bertz CT molecular complexity index is 228. The third-order valence-electron chi connectivity index (χ3n) is 2.23. The van der Waals surface area contributed by atoms with Gasteiger partial charge in [-0.15, -0.1) is 0 Å².